The molecule has 0 radical (unpaired) electrons. The Bertz CT molecular complexity index is 643. The summed E-state index contributed by atoms with van der Waals surface area (Å²) < 4.78 is 0. The third-order valence-corrected chi connectivity index (χ3v) is 4.94. The average molecular weight is 374 g/mol. The van der Waals surface area contributed by atoms with Crippen molar-refractivity contribution in [3.05, 3.63) is 39.9 Å². The summed E-state index contributed by atoms with van der Waals surface area (Å²) in [6.45, 7) is 4.64. The van der Waals surface area contributed by atoms with Crippen LogP contribution >= 0.6 is 35.3 Å². The van der Waals surface area contributed by atoms with Crippen LogP contribution in [0.25, 0.3) is 10.6 Å². The monoisotopic (exact) mass is 373 g/mol. The maximum Gasteiger partial charge on any atom is 0.221 e. The average Bonchev–Trinajstić information content (AvgIpc) is 2.88. The normalized spacial score (nSPS) is 11.7. The molecule has 0 aliphatic rings. The van der Waals surface area contributed by atoms with Gasteiger partial charge in [0.1, 0.15) is 5.01 Å². The highest BCUT2D eigenvalue weighted by molar-refractivity contribution is 7.15. The minimum Gasteiger partial charge on any atom is -0.349 e. The Hall–Kier alpha value is -1.14. The van der Waals surface area contributed by atoms with Crippen LogP contribution in [0.2, 0.25) is 5.02 Å². The maximum absolute atomic E-state index is 11.8. The lowest BCUT2D eigenvalue weighted by Gasteiger charge is -2.12. The molecule has 2 aromatic rings. The second-order valence-corrected chi connectivity index (χ2v) is 6.59. The summed E-state index contributed by atoms with van der Waals surface area (Å²) in [4.78, 5) is 17.5. The molecule has 23 heavy (non-hydrogen) atoms. The predicted molar refractivity (Wildman–Crippen MR) is 99.6 cm³/mol. The summed E-state index contributed by atoms with van der Waals surface area (Å²) in [5, 5.41) is 7.64. The van der Waals surface area contributed by atoms with E-state index in [-0.39, 0.29) is 24.4 Å². The van der Waals surface area contributed by atoms with E-state index in [1.807, 2.05) is 45.2 Å². The fourth-order valence-corrected chi connectivity index (χ4v) is 3.34. The molecule has 126 valence electrons. The Morgan fingerprint density at radius 1 is 1.35 bits per heavy atom. The predicted octanol–water partition coefficient (Wildman–Crippen LogP) is 3.98. The number of thiazole rings is 1. The first kappa shape index (κ1) is 19.9. The minimum absolute atomic E-state index is 0. The van der Waals surface area contributed by atoms with Crippen LogP contribution in [0.15, 0.2) is 24.3 Å². The van der Waals surface area contributed by atoms with Gasteiger partial charge in [-0.2, -0.15) is 0 Å². The van der Waals surface area contributed by atoms with Crippen molar-refractivity contribution in [1.82, 2.24) is 15.6 Å². The summed E-state index contributed by atoms with van der Waals surface area (Å²) >= 11 is 7.52. The van der Waals surface area contributed by atoms with Gasteiger partial charge in [-0.15, -0.1) is 23.7 Å². The topological polar surface area (TPSA) is 54.0 Å². The second kappa shape index (κ2) is 9.23. The number of hydrogen-bond donors (Lipinski definition) is 2. The standard InChI is InChI=1S/C16H20ClN3OS.ClH/c1-10(19-14(21)8-9-18-3)15-11(2)20-16(22-15)12-4-6-13(17)7-5-12;/h4-7,10,18H,8-9H2,1-3H3,(H,19,21);1H. The molecule has 0 spiro atoms. The van der Waals surface area contributed by atoms with Crippen molar-refractivity contribution in [3.8, 4) is 10.6 Å². The van der Waals surface area contributed by atoms with Crippen LogP contribution in [0.3, 0.4) is 0 Å². The van der Waals surface area contributed by atoms with Gasteiger partial charge in [-0.05, 0) is 33.0 Å². The number of benzene rings is 1. The number of carbonyl (C=O) groups is 1. The molecule has 1 aromatic heterocycles. The van der Waals surface area contributed by atoms with Gasteiger partial charge in [0.2, 0.25) is 5.91 Å². The largest absolute Gasteiger partial charge is 0.349 e. The number of nitrogens with one attached hydrogen (secondary N) is 2. The lowest BCUT2D eigenvalue weighted by molar-refractivity contribution is -0.121. The highest BCUT2D eigenvalue weighted by Gasteiger charge is 2.17. The molecule has 0 bridgehead atoms. The molecule has 7 heteroatoms. The number of hydrogen-bond acceptors (Lipinski definition) is 4. The van der Waals surface area contributed by atoms with E-state index < -0.39 is 0 Å². The van der Waals surface area contributed by atoms with Crippen LogP contribution in [0.4, 0.5) is 0 Å². The van der Waals surface area contributed by atoms with Crippen LogP contribution in [0, 0.1) is 6.92 Å². The molecule has 1 heterocycles. The highest BCUT2D eigenvalue weighted by atomic mass is 35.5. The molecule has 1 aromatic carbocycles. The van der Waals surface area contributed by atoms with E-state index in [0.29, 0.717) is 18.0 Å². The molecule has 2 rings (SSSR count). The van der Waals surface area contributed by atoms with Crippen molar-refractivity contribution in [2.24, 2.45) is 0 Å². The zero-order valence-electron chi connectivity index (χ0n) is 13.4. The fraction of sp³-hybridized carbons (Fsp3) is 0.375. The van der Waals surface area contributed by atoms with Crippen LogP contribution in [0.5, 0.6) is 0 Å². The summed E-state index contributed by atoms with van der Waals surface area (Å²) in [5.41, 5.74) is 1.99. The Morgan fingerprint density at radius 3 is 2.61 bits per heavy atom. The number of carbonyl (C=O) groups excluding carboxylic acids is 1. The zero-order chi connectivity index (χ0) is 16.1. The minimum atomic E-state index is -0.0390. The van der Waals surface area contributed by atoms with E-state index in [1.165, 1.54) is 0 Å². The van der Waals surface area contributed by atoms with Gasteiger partial charge in [0.15, 0.2) is 0 Å². The van der Waals surface area contributed by atoms with Crippen LogP contribution < -0.4 is 10.6 Å². The number of rotatable bonds is 6. The van der Waals surface area contributed by atoms with Crippen LogP contribution in [0.1, 0.15) is 30.0 Å². The Balaban J connectivity index is 0.00000264. The zero-order valence-corrected chi connectivity index (χ0v) is 15.7. The molecule has 0 saturated carbocycles. The fourth-order valence-electron chi connectivity index (χ4n) is 2.14. The summed E-state index contributed by atoms with van der Waals surface area (Å²) in [7, 11) is 1.84. The lowest BCUT2D eigenvalue weighted by atomic mass is 10.2. The molecule has 0 aliphatic carbocycles. The second-order valence-electron chi connectivity index (χ2n) is 5.12. The third kappa shape index (κ3) is 5.46. The van der Waals surface area contributed by atoms with Gasteiger partial charge in [-0.3, -0.25) is 4.79 Å². The third-order valence-electron chi connectivity index (χ3n) is 3.30. The number of aryl methyl sites for hydroxylation is 1. The van der Waals surface area contributed by atoms with Gasteiger partial charge in [0, 0.05) is 23.6 Å². The highest BCUT2D eigenvalue weighted by Crippen LogP contribution is 2.32. The molecule has 2 N–H and O–H groups in total. The van der Waals surface area contributed by atoms with E-state index in [4.69, 9.17) is 11.6 Å². The van der Waals surface area contributed by atoms with E-state index in [9.17, 15) is 4.79 Å². The molecule has 1 atom stereocenters. The van der Waals surface area contributed by atoms with Crippen molar-refractivity contribution in [2.45, 2.75) is 26.3 Å². The quantitative estimate of drug-likeness (QED) is 0.804. The number of nitrogens with zero attached hydrogens (tertiary/aromatic N) is 1. The molecular weight excluding hydrogens is 353 g/mol. The van der Waals surface area contributed by atoms with Crippen molar-refractivity contribution in [3.63, 3.8) is 0 Å². The molecule has 0 saturated heterocycles. The number of aromatic nitrogens is 1. The number of halogens is 2. The van der Waals surface area contributed by atoms with Gasteiger partial charge in [0.05, 0.1) is 16.6 Å². The Kier molecular flexibility index (Phi) is 7.99. The van der Waals surface area contributed by atoms with Crippen molar-refractivity contribution in [1.29, 1.82) is 0 Å². The van der Waals surface area contributed by atoms with Crippen molar-refractivity contribution >= 4 is 41.3 Å². The van der Waals surface area contributed by atoms with E-state index in [2.05, 4.69) is 15.6 Å². The van der Waals surface area contributed by atoms with Gasteiger partial charge >= 0.3 is 0 Å². The van der Waals surface area contributed by atoms with E-state index in [1.54, 1.807) is 11.3 Å². The SMILES string of the molecule is CNCCC(=O)NC(C)c1sc(-c2ccc(Cl)cc2)nc1C.Cl. The summed E-state index contributed by atoms with van der Waals surface area (Å²) in [6, 6.07) is 7.59. The molecule has 0 fully saturated rings. The first-order chi connectivity index (χ1) is 10.5. The van der Waals surface area contributed by atoms with Gasteiger partial charge in [-0.25, -0.2) is 4.98 Å². The first-order valence-electron chi connectivity index (χ1n) is 7.18. The molecule has 1 amide bonds. The summed E-state index contributed by atoms with van der Waals surface area (Å²) in [6.07, 6.45) is 0.475. The van der Waals surface area contributed by atoms with E-state index in [0.717, 1.165) is 21.1 Å². The maximum atomic E-state index is 11.8. The van der Waals surface area contributed by atoms with Gasteiger partial charge < -0.3 is 10.6 Å². The molecule has 0 aliphatic heterocycles. The Labute approximate surface area is 152 Å². The van der Waals surface area contributed by atoms with Gasteiger partial charge in [0.25, 0.3) is 0 Å². The molecule has 4 nitrogen and oxygen atoms in total. The van der Waals surface area contributed by atoms with Crippen LogP contribution in [-0.4, -0.2) is 24.5 Å². The van der Waals surface area contributed by atoms with E-state index >= 15 is 0 Å². The smallest absolute Gasteiger partial charge is 0.221 e. The van der Waals surface area contributed by atoms with Crippen molar-refractivity contribution < 1.29 is 4.79 Å². The molecule has 1 unspecified atom stereocenters. The number of amides is 1. The van der Waals surface area contributed by atoms with Crippen LogP contribution in [-0.2, 0) is 4.79 Å². The van der Waals surface area contributed by atoms with Crippen molar-refractivity contribution in [2.75, 3.05) is 13.6 Å². The lowest BCUT2D eigenvalue weighted by Crippen LogP contribution is -2.28. The first-order valence-corrected chi connectivity index (χ1v) is 8.38. The summed E-state index contributed by atoms with van der Waals surface area (Å²) in [5.74, 6) is 0.0442. The van der Waals surface area contributed by atoms with Gasteiger partial charge in [-0.1, -0.05) is 23.7 Å². The Morgan fingerprint density at radius 2 is 2.00 bits per heavy atom. The molecular formula is C16H21Cl2N3OS.